The fraction of sp³-hybridized carbons (Fsp3) is 0.103. The predicted octanol–water partition coefficient (Wildman–Crippen LogP) is 14.4. The molecule has 0 N–H and O–H groups in total. The summed E-state index contributed by atoms with van der Waals surface area (Å²) in [5, 5.41) is 0. The van der Waals surface area contributed by atoms with Crippen molar-refractivity contribution in [1.29, 1.82) is 0 Å². The van der Waals surface area contributed by atoms with E-state index < -0.39 is 0 Å². The van der Waals surface area contributed by atoms with E-state index in [-0.39, 0.29) is 5.92 Å². The smallest absolute Gasteiger partial charge is 0.164 e. The largest absolute Gasteiger partial charge is 0.208 e. The van der Waals surface area contributed by atoms with Gasteiger partial charge >= 0.3 is 0 Å². The van der Waals surface area contributed by atoms with Crippen LogP contribution in [-0.2, 0) is 0 Å². The second kappa shape index (κ2) is 17.5. The Morgan fingerprint density at radius 3 is 1.43 bits per heavy atom. The van der Waals surface area contributed by atoms with Gasteiger partial charge in [0, 0.05) is 55.0 Å². The third-order valence-corrected chi connectivity index (χ3v) is 13.4. The molecule has 2 aliphatic rings. The first-order valence-corrected chi connectivity index (χ1v) is 23.0. The van der Waals surface area contributed by atoms with Crippen molar-refractivity contribution in [2.75, 3.05) is 0 Å². The SMILES string of the molecule is CC(C)C1c2ccccc2Sc2cc(-c3nc(-c4ccccc4)nc(-c4cccc(C5C=CC(c6cccc(-c7nc(-c8ccccc8)nc(-c8ccccc8)n7)c6)=CC5)c4)n3)ccc21. The fourth-order valence-corrected chi connectivity index (χ4v) is 10.2. The second-order valence-electron chi connectivity index (χ2n) is 16.9. The molecule has 9 aromatic rings. The normalized spacial score (nSPS) is 15.3. The predicted molar refractivity (Wildman–Crippen MR) is 264 cm³/mol. The van der Waals surface area contributed by atoms with E-state index in [0.717, 1.165) is 45.4 Å². The summed E-state index contributed by atoms with van der Waals surface area (Å²) in [7, 11) is 0. The molecule has 3 heterocycles. The zero-order valence-corrected chi connectivity index (χ0v) is 36.9. The molecule has 65 heavy (non-hydrogen) atoms. The fourth-order valence-electron chi connectivity index (χ4n) is 8.97. The maximum Gasteiger partial charge on any atom is 0.164 e. The van der Waals surface area contributed by atoms with E-state index in [9.17, 15) is 0 Å². The molecule has 7 heteroatoms. The number of hydrogen-bond donors (Lipinski definition) is 0. The van der Waals surface area contributed by atoms with Crippen LogP contribution in [0, 0.1) is 5.92 Å². The van der Waals surface area contributed by atoms with Crippen LogP contribution in [0.4, 0.5) is 0 Å². The Labute approximate surface area is 384 Å². The monoisotopic (exact) mass is 856 g/mol. The second-order valence-corrected chi connectivity index (χ2v) is 18.0. The molecule has 1 aliphatic carbocycles. The Morgan fingerprint density at radius 2 is 0.877 bits per heavy atom. The van der Waals surface area contributed by atoms with E-state index in [1.807, 2.05) is 90.6 Å². The van der Waals surface area contributed by atoms with E-state index in [0.29, 0.717) is 46.8 Å². The van der Waals surface area contributed by atoms with Crippen LogP contribution in [0.3, 0.4) is 0 Å². The summed E-state index contributed by atoms with van der Waals surface area (Å²) in [5.74, 6) is 4.91. The van der Waals surface area contributed by atoms with Gasteiger partial charge in [-0.05, 0) is 64.4 Å². The van der Waals surface area contributed by atoms with Crippen molar-refractivity contribution in [3.05, 3.63) is 222 Å². The Hall–Kier alpha value is -7.61. The maximum absolute atomic E-state index is 5.19. The number of rotatable bonds is 9. The lowest BCUT2D eigenvalue weighted by atomic mass is 9.82. The average molecular weight is 857 g/mol. The molecule has 2 atom stereocenters. The highest BCUT2D eigenvalue weighted by Gasteiger charge is 2.29. The van der Waals surface area contributed by atoms with Gasteiger partial charge in [-0.1, -0.05) is 202 Å². The Morgan fingerprint density at radius 1 is 0.415 bits per heavy atom. The first-order valence-electron chi connectivity index (χ1n) is 22.2. The van der Waals surface area contributed by atoms with Crippen molar-refractivity contribution in [2.45, 2.75) is 41.9 Å². The number of hydrogen-bond acceptors (Lipinski definition) is 7. The summed E-state index contributed by atoms with van der Waals surface area (Å²) in [6, 6.07) is 63.1. The Kier molecular flexibility index (Phi) is 10.8. The summed E-state index contributed by atoms with van der Waals surface area (Å²) in [6.45, 7) is 4.63. The van der Waals surface area contributed by atoms with Crippen LogP contribution in [0.2, 0.25) is 0 Å². The molecule has 1 aliphatic heterocycles. The Balaban J connectivity index is 0.887. The Bertz CT molecular complexity index is 3200. The zero-order chi connectivity index (χ0) is 43.7. The first-order chi connectivity index (χ1) is 32.0. The van der Waals surface area contributed by atoms with Crippen LogP contribution in [0.25, 0.3) is 73.9 Å². The summed E-state index contributed by atoms with van der Waals surface area (Å²) in [5.41, 5.74) is 12.0. The molecule has 0 spiro atoms. The van der Waals surface area contributed by atoms with Gasteiger partial charge < -0.3 is 0 Å². The van der Waals surface area contributed by atoms with Crippen molar-refractivity contribution >= 4 is 17.3 Å². The minimum atomic E-state index is 0.191. The van der Waals surface area contributed by atoms with E-state index in [2.05, 4.69) is 135 Å². The van der Waals surface area contributed by atoms with Crippen molar-refractivity contribution in [3.8, 4) is 68.3 Å². The molecule has 0 bridgehead atoms. The van der Waals surface area contributed by atoms with E-state index in [1.54, 1.807) is 0 Å². The summed E-state index contributed by atoms with van der Waals surface area (Å²) in [4.78, 5) is 32.8. The molecule has 0 saturated heterocycles. The zero-order valence-electron chi connectivity index (χ0n) is 36.1. The number of fused-ring (bicyclic) bond motifs is 2. The van der Waals surface area contributed by atoms with Crippen LogP contribution in [0.15, 0.2) is 210 Å². The van der Waals surface area contributed by atoms with Gasteiger partial charge in [-0.2, -0.15) is 0 Å². The van der Waals surface area contributed by atoms with Gasteiger partial charge in [0.05, 0.1) is 0 Å². The van der Waals surface area contributed by atoms with Gasteiger partial charge in [0.2, 0.25) is 0 Å². The van der Waals surface area contributed by atoms with Crippen LogP contribution in [0.1, 0.15) is 54.4 Å². The van der Waals surface area contributed by atoms with Crippen LogP contribution < -0.4 is 0 Å². The third-order valence-electron chi connectivity index (χ3n) is 12.2. The van der Waals surface area contributed by atoms with E-state index in [1.165, 1.54) is 32.1 Å². The minimum Gasteiger partial charge on any atom is -0.208 e. The van der Waals surface area contributed by atoms with Crippen LogP contribution in [-0.4, -0.2) is 29.9 Å². The average Bonchev–Trinajstić information content (AvgIpc) is 3.38. The molecule has 6 nitrogen and oxygen atoms in total. The van der Waals surface area contributed by atoms with Crippen molar-refractivity contribution < 1.29 is 0 Å². The van der Waals surface area contributed by atoms with Crippen molar-refractivity contribution in [1.82, 2.24) is 29.9 Å². The van der Waals surface area contributed by atoms with E-state index in [4.69, 9.17) is 29.9 Å². The van der Waals surface area contributed by atoms with Crippen molar-refractivity contribution in [2.24, 2.45) is 5.92 Å². The maximum atomic E-state index is 5.19. The number of aromatic nitrogens is 6. The summed E-state index contributed by atoms with van der Waals surface area (Å²) in [6.07, 6.45) is 7.74. The molecule has 7 aromatic carbocycles. The number of benzene rings is 7. The lowest BCUT2D eigenvalue weighted by Crippen LogP contribution is -2.14. The highest BCUT2D eigenvalue weighted by Crippen LogP contribution is 2.49. The van der Waals surface area contributed by atoms with Gasteiger partial charge in [0.15, 0.2) is 34.9 Å². The summed E-state index contributed by atoms with van der Waals surface area (Å²) >= 11 is 1.84. The minimum absolute atomic E-state index is 0.191. The van der Waals surface area contributed by atoms with Gasteiger partial charge in [-0.3, -0.25) is 0 Å². The van der Waals surface area contributed by atoms with Gasteiger partial charge in [0.25, 0.3) is 0 Å². The third kappa shape index (κ3) is 8.23. The molecule has 2 aromatic heterocycles. The molecule has 0 amide bonds. The number of allylic oxidation sites excluding steroid dienone is 4. The van der Waals surface area contributed by atoms with Gasteiger partial charge in [-0.15, -0.1) is 0 Å². The van der Waals surface area contributed by atoms with E-state index >= 15 is 0 Å². The first kappa shape index (κ1) is 40.2. The molecule has 312 valence electrons. The molecular formula is C58H44N6S. The molecule has 0 saturated carbocycles. The van der Waals surface area contributed by atoms with Crippen LogP contribution >= 0.6 is 11.8 Å². The lowest BCUT2D eigenvalue weighted by molar-refractivity contribution is 0.547. The molecular weight excluding hydrogens is 813 g/mol. The lowest BCUT2D eigenvalue weighted by Gasteiger charge is -2.31. The number of nitrogens with zero attached hydrogens (tertiary/aromatic N) is 6. The molecule has 0 fully saturated rings. The standard InChI is InChI=1S/C58H44N6S/c1-37(2)52-48-26-12-13-27-50(48)65-51-36-47(32-33-49(51)52)58-63-55(42-20-10-5-11-21-42)62-57(64-58)46-25-15-23-44(35-46)39-30-28-38(29-31-39)43-22-14-24-45(34-43)56-60-53(40-16-6-3-7-17-40)59-54(61-56)41-18-8-4-9-19-41/h3-30,32-37,39,52H,31H2,1-2H3. The summed E-state index contributed by atoms with van der Waals surface area (Å²) < 4.78 is 0. The molecule has 0 radical (unpaired) electrons. The van der Waals surface area contributed by atoms with Gasteiger partial charge in [-0.25, -0.2) is 29.9 Å². The van der Waals surface area contributed by atoms with Crippen LogP contribution in [0.5, 0.6) is 0 Å². The quantitative estimate of drug-likeness (QED) is 0.143. The topological polar surface area (TPSA) is 77.3 Å². The molecule has 11 rings (SSSR count). The highest BCUT2D eigenvalue weighted by molar-refractivity contribution is 7.99. The molecule has 2 unspecified atom stereocenters. The highest BCUT2D eigenvalue weighted by atomic mass is 32.2. The van der Waals surface area contributed by atoms with Gasteiger partial charge in [0.1, 0.15) is 0 Å². The van der Waals surface area contributed by atoms with Crippen molar-refractivity contribution in [3.63, 3.8) is 0 Å².